The van der Waals surface area contributed by atoms with Gasteiger partial charge in [-0.3, -0.25) is 5.32 Å². The number of halogens is 1. The molecule has 0 atom stereocenters. The molecule has 0 bridgehead atoms. The highest BCUT2D eigenvalue weighted by atomic mass is 32.1. The number of thiocarbonyl (C=S) groups is 1. The summed E-state index contributed by atoms with van der Waals surface area (Å²) in [5.41, 5.74) is 0. The highest BCUT2D eigenvalue weighted by Gasteiger charge is 1.80. The van der Waals surface area contributed by atoms with E-state index in [-0.39, 0.29) is 0 Å². The van der Waals surface area contributed by atoms with Crippen LogP contribution >= 0.6 is 12.2 Å². The highest BCUT2D eigenvalue weighted by molar-refractivity contribution is 7.79. The molecule has 0 aromatic rings. The summed E-state index contributed by atoms with van der Waals surface area (Å²) in [6.07, 6.45) is 1.85. The average molecular weight is 163 g/mol. The second kappa shape index (κ2) is 8.68. The van der Waals surface area contributed by atoms with E-state index in [1.165, 1.54) is 11.4 Å². The first kappa shape index (κ1) is 9.68. The fraction of sp³-hybridized carbons (Fsp3) is 0.500. The molecule has 0 rings (SSSR count). The summed E-state index contributed by atoms with van der Waals surface area (Å²) in [7, 11) is 0. The average Bonchev–Trinajstić information content (AvgIpc) is 1.97. The summed E-state index contributed by atoms with van der Waals surface area (Å²) in [5.74, 6) is 0. The molecule has 0 amide bonds. The van der Waals surface area contributed by atoms with Gasteiger partial charge >= 0.3 is 0 Å². The van der Waals surface area contributed by atoms with Gasteiger partial charge in [0, 0.05) is 11.9 Å². The van der Waals surface area contributed by atoms with Gasteiger partial charge in [0.1, 0.15) is 0 Å². The molecule has 0 aromatic heterocycles. The Morgan fingerprint density at radius 3 is 3.00 bits per heavy atom. The van der Waals surface area contributed by atoms with E-state index in [1.807, 2.05) is 0 Å². The first-order chi connectivity index (χ1) is 4.91. The van der Waals surface area contributed by atoms with Crippen molar-refractivity contribution in [3.05, 3.63) is 12.4 Å². The molecular formula is C6H10FNOS. The molecule has 0 spiro atoms. The summed E-state index contributed by atoms with van der Waals surface area (Å²) in [5, 5.41) is 4.30. The minimum absolute atomic E-state index is 0.400. The van der Waals surface area contributed by atoms with E-state index in [1.54, 1.807) is 0 Å². The van der Waals surface area contributed by atoms with Crippen molar-refractivity contribution in [3.63, 3.8) is 0 Å². The topological polar surface area (TPSA) is 21.3 Å². The van der Waals surface area contributed by atoms with Gasteiger partial charge in [0.05, 0.1) is 19.7 Å². The molecule has 0 fully saturated rings. The fourth-order valence-electron chi connectivity index (χ4n) is 0.366. The van der Waals surface area contributed by atoms with Crippen molar-refractivity contribution < 1.29 is 9.13 Å². The normalized spacial score (nSPS) is 10.5. The Balaban J connectivity index is 2.83. The Kier molecular flexibility index (Phi) is 8.40. The molecule has 0 saturated carbocycles. The molecule has 2 nitrogen and oxygen atoms in total. The number of hydrogen-bond donors (Lipinski definition) is 1. The molecule has 0 saturated heterocycles. The van der Waals surface area contributed by atoms with Gasteiger partial charge in [-0.25, -0.2) is 4.39 Å². The van der Waals surface area contributed by atoms with E-state index >= 15 is 0 Å². The van der Waals surface area contributed by atoms with Crippen molar-refractivity contribution in [2.24, 2.45) is 0 Å². The molecule has 58 valence electrons. The first-order valence-electron chi connectivity index (χ1n) is 2.89. The van der Waals surface area contributed by atoms with E-state index in [2.05, 4.69) is 17.5 Å². The van der Waals surface area contributed by atoms with Crippen LogP contribution in [0.3, 0.4) is 0 Å². The van der Waals surface area contributed by atoms with Crippen LogP contribution in [-0.4, -0.2) is 25.2 Å². The molecule has 0 aliphatic rings. The van der Waals surface area contributed by atoms with Crippen LogP contribution in [0.25, 0.3) is 0 Å². The quantitative estimate of drug-likeness (QED) is 0.359. The third-order valence-corrected chi connectivity index (χ3v) is 0.877. The predicted octanol–water partition coefficient (Wildman–Crippen LogP) is 1.03. The van der Waals surface area contributed by atoms with Crippen molar-refractivity contribution in [2.75, 3.05) is 19.9 Å². The SMILES string of the molecule is FC=CCNCOCC=S. The summed E-state index contributed by atoms with van der Waals surface area (Å²) in [4.78, 5) is 0. The lowest BCUT2D eigenvalue weighted by Gasteiger charge is -1.98. The number of hydrogen-bond acceptors (Lipinski definition) is 3. The molecule has 0 aliphatic carbocycles. The van der Waals surface area contributed by atoms with Crippen molar-refractivity contribution in [3.8, 4) is 0 Å². The Hall–Kier alpha value is -0.320. The molecule has 0 heterocycles. The summed E-state index contributed by atoms with van der Waals surface area (Å²) in [6.45, 7) is 1.33. The zero-order chi connectivity index (χ0) is 7.66. The Bertz CT molecular complexity index is 108. The monoisotopic (exact) mass is 163 g/mol. The van der Waals surface area contributed by atoms with Crippen molar-refractivity contribution in [2.45, 2.75) is 0 Å². The standard InChI is InChI=1S/C6H10FNOS/c7-2-1-3-8-6-9-4-5-10/h1-2,5,8H,3-4,6H2. The van der Waals surface area contributed by atoms with E-state index < -0.39 is 0 Å². The fourth-order valence-corrected chi connectivity index (χ4v) is 0.462. The summed E-state index contributed by atoms with van der Waals surface area (Å²) < 4.78 is 16.2. The van der Waals surface area contributed by atoms with Gasteiger partial charge in [-0.15, -0.1) is 0 Å². The largest absolute Gasteiger partial charge is 0.361 e. The first-order valence-corrected chi connectivity index (χ1v) is 3.36. The summed E-state index contributed by atoms with van der Waals surface area (Å²) in [6, 6.07) is 0. The predicted molar refractivity (Wildman–Crippen MR) is 42.7 cm³/mol. The van der Waals surface area contributed by atoms with Crippen LogP contribution in [0.5, 0.6) is 0 Å². The van der Waals surface area contributed by atoms with Crippen LogP contribution in [0.15, 0.2) is 12.4 Å². The molecule has 10 heavy (non-hydrogen) atoms. The smallest absolute Gasteiger partial charge is 0.0972 e. The van der Waals surface area contributed by atoms with Crippen molar-refractivity contribution in [1.82, 2.24) is 5.32 Å². The zero-order valence-corrected chi connectivity index (χ0v) is 6.36. The van der Waals surface area contributed by atoms with E-state index in [9.17, 15) is 4.39 Å². The van der Waals surface area contributed by atoms with Gasteiger partial charge < -0.3 is 4.74 Å². The van der Waals surface area contributed by atoms with Crippen LogP contribution < -0.4 is 5.32 Å². The number of nitrogens with one attached hydrogen (secondary N) is 1. The highest BCUT2D eigenvalue weighted by Crippen LogP contribution is 1.71. The van der Waals surface area contributed by atoms with Gasteiger partial charge in [-0.2, -0.15) is 0 Å². The Labute approximate surface area is 65.1 Å². The second-order valence-corrected chi connectivity index (χ2v) is 1.83. The third kappa shape index (κ3) is 7.68. The molecule has 1 N–H and O–H groups in total. The number of rotatable bonds is 6. The molecule has 0 aromatic carbocycles. The van der Waals surface area contributed by atoms with E-state index in [0.717, 1.165) is 0 Å². The lowest BCUT2D eigenvalue weighted by molar-refractivity contribution is 0.157. The van der Waals surface area contributed by atoms with Crippen LogP contribution in [0.4, 0.5) is 4.39 Å². The van der Waals surface area contributed by atoms with Crippen LogP contribution in [0, 0.1) is 0 Å². The van der Waals surface area contributed by atoms with Gasteiger partial charge in [-0.05, 0) is 6.08 Å². The second-order valence-electron chi connectivity index (χ2n) is 1.50. The van der Waals surface area contributed by atoms with Gasteiger partial charge in [-0.1, -0.05) is 12.2 Å². The Morgan fingerprint density at radius 2 is 2.40 bits per heavy atom. The molecule has 0 radical (unpaired) electrons. The van der Waals surface area contributed by atoms with Gasteiger partial charge in [0.15, 0.2) is 0 Å². The zero-order valence-electron chi connectivity index (χ0n) is 5.55. The molecule has 0 unspecified atom stereocenters. The Morgan fingerprint density at radius 1 is 1.60 bits per heavy atom. The summed E-state index contributed by atoms with van der Waals surface area (Å²) >= 11 is 4.50. The molecule has 4 heteroatoms. The third-order valence-electron chi connectivity index (χ3n) is 0.741. The molecule has 0 aliphatic heterocycles. The van der Waals surface area contributed by atoms with E-state index in [4.69, 9.17) is 4.74 Å². The van der Waals surface area contributed by atoms with Crippen LogP contribution in [-0.2, 0) is 4.74 Å². The maximum atomic E-state index is 11.3. The van der Waals surface area contributed by atoms with Crippen LogP contribution in [0.1, 0.15) is 0 Å². The van der Waals surface area contributed by atoms with Crippen molar-refractivity contribution in [1.29, 1.82) is 0 Å². The van der Waals surface area contributed by atoms with Gasteiger partial charge in [0.25, 0.3) is 0 Å². The lowest BCUT2D eigenvalue weighted by Crippen LogP contribution is -2.18. The maximum Gasteiger partial charge on any atom is 0.0972 e. The van der Waals surface area contributed by atoms with Crippen molar-refractivity contribution >= 4 is 17.6 Å². The lowest BCUT2D eigenvalue weighted by atomic mass is 10.6. The maximum absolute atomic E-state index is 11.3. The van der Waals surface area contributed by atoms with E-state index in [0.29, 0.717) is 26.2 Å². The van der Waals surface area contributed by atoms with Gasteiger partial charge in [0.2, 0.25) is 0 Å². The number of ether oxygens (including phenoxy) is 1. The van der Waals surface area contributed by atoms with Crippen LogP contribution in [0.2, 0.25) is 0 Å². The minimum atomic E-state index is 0.400. The molecular weight excluding hydrogens is 153 g/mol. The minimum Gasteiger partial charge on any atom is -0.361 e.